The summed E-state index contributed by atoms with van der Waals surface area (Å²) < 4.78 is 0. The van der Waals surface area contributed by atoms with Crippen molar-refractivity contribution in [3.8, 4) is 17.1 Å². The van der Waals surface area contributed by atoms with Crippen molar-refractivity contribution in [1.82, 2.24) is 15.0 Å². The van der Waals surface area contributed by atoms with E-state index in [-0.39, 0.29) is 17.2 Å². The molecule has 2 aromatic heterocycles. The van der Waals surface area contributed by atoms with Crippen LogP contribution in [0.3, 0.4) is 0 Å². The molecule has 0 aromatic carbocycles. The van der Waals surface area contributed by atoms with E-state index in [1.807, 2.05) is 0 Å². The van der Waals surface area contributed by atoms with Gasteiger partial charge in [-0.25, -0.2) is 9.97 Å². The van der Waals surface area contributed by atoms with Crippen LogP contribution < -0.4 is 0 Å². The van der Waals surface area contributed by atoms with Crippen molar-refractivity contribution in [3.63, 3.8) is 0 Å². The SMILES string of the molecule is CC(=O)c1cc(-c2cnc(C)nc2)[nH]c1O. The van der Waals surface area contributed by atoms with Gasteiger partial charge in [0.25, 0.3) is 0 Å². The van der Waals surface area contributed by atoms with Crippen molar-refractivity contribution >= 4 is 5.78 Å². The third-order valence-corrected chi connectivity index (χ3v) is 2.27. The average Bonchev–Trinajstić information content (AvgIpc) is 2.61. The molecule has 0 aliphatic carbocycles. The number of H-pyrrole nitrogens is 1. The summed E-state index contributed by atoms with van der Waals surface area (Å²) in [6.07, 6.45) is 3.27. The zero-order valence-electron chi connectivity index (χ0n) is 8.98. The van der Waals surface area contributed by atoms with Crippen LogP contribution >= 0.6 is 0 Å². The van der Waals surface area contributed by atoms with Gasteiger partial charge in [0.2, 0.25) is 0 Å². The number of rotatable bonds is 2. The van der Waals surface area contributed by atoms with Crippen LogP contribution in [0, 0.1) is 6.92 Å². The first kappa shape index (κ1) is 10.4. The maximum Gasteiger partial charge on any atom is 0.199 e. The molecule has 2 heterocycles. The number of hydrogen-bond donors (Lipinski definition) is 2. The lowest BCUT2D eigenvalue weighted by molar-refractivity contribution is 0.101. The number of ketones is 1. The predicted molar refractivity (Wildman–Crippen MR) is 58.2 cm³/mol. The first-order chi connectivity index (χ1) is 7.58. The summed E-state index contributed by atoms with van der Waals surface area (Å²) in [5.74, 6) is 0.363. The normalized spacial score (nSPS) is 10.4. The molecule has 2 N–H and O–H groups in total. The van der Waals surface area contributed by atoms with Crippen molar-refractivity contribution in [2.24, 2.45) is 0 Å². The van der Waals surface area contributed by atoms with E-state index in [1.165, 1.54) is 6.92 Å². The molecular formula is C11H11N3O2. The summed E-state index contributed by atoms with van der Waals surface area (Å²) in [5, 5.41) is 9.50. The van der Waals surface area contributed by atoms with Gasteiger partial charge in [-0.1, -0.05) is 0 Å². The standard InChI is InChI=1S/C11H11N3O2/c1-6(15)9-3-10(14-11(9)16)8-4-12-7(2)13-5-8/h3-5,14,16H,1-2H3. The zero-order valence-corrected chi connectivity index (χ0v) is 8.98. The van der Waals surface area contributed by atoms with Gasteiger partial charge in [-0.15, -0.1) is 0 Å². The number of aromatic amines is 1. The van der Waals surface area contributed by atoms with Gasteiger partial charge in [0.15, 0.2) is 11.7 Å². The van der Waals surface area contributed by atoms with Crippen LogP contribution in [0.2, 0.25) is 0 Å². The number of Topliss-reactive ketones (excluding diaryl/α,β-unsaturated/α-hetero) is 1. The first-order valence-corrected chi connectivity index (χ1v) is 4.80. The Bertz CT molecular complexity index is 529. The summed E-state index contributed by atoms with van der Waals surface area (Å²) in [6, 6.07) is 1.59. The largest absolute Gasteiger partial charge is 0.494 e. The number of nitrogens with one attached hydrogen (secondary N) is 1. The molecule has 0 fully saturated rings. The number of aromatic nitrogens is 3. The molecule has 2 rings (SSSR count). The number of aromatic hydroxyl groups is 1. The van der Waals surface area contributed by atoms with Gasteiger partial charge in [-0.05, 0) is 19.9 Å². The monoisotopic (exact) mass is 217 g/mol. The minimum absolute atomic E-state index is 0.122. The van der Waals surface area contributed by atoms with Gasteiger partial charge in [0.05, 0.1) is 11.3 Å². The summed E-state index contributed by atoms with van der Waals surface area (Å²) in [4.78, 5) is 22.0. The zero-order chi connectivity index (χ0) is 11.7. The minimum atomic E-state index is -0.187. The van der Waals surface area contributed by atoms with Gasteiger partial charge in [-0.3, -0.25) is 4.79 Å². The smallest absolute Gasteiger partial charge is 0.199 e. The van der Waals surface area contributed by atoms with E-state index in [0.717, 1.165) is 5.56 Å². The fourth-order valence-corrected chi connectivity index (χ4v) is 1.40. The molecule has 0 radical (unpaired) electrons. The molecule has 0 amide bonds. The Kier molecular flexibility index (Phi) is 2.44. The topological polar surface area (TPSA) is 78.9 Å². The fourth-order valence-electron chi connectivity index (χ4n) is 1.40. The Morgan fingerprint density at radius 1 is 1.38 bits per heavy atom. The highest BCUT2D eigenvalue weighted by atomic mass is 16.3. The van der Waals surface area contributed by atoms with Crippen LogP contribution in [0.25, 0.3) is 11.3 Å². The number of aryl methyl sites for hydroxylation is 1. The summed E-state index contributed by atoms with van der Waals surface area (Å²) in [7, 11) is 0. The Labute approximate surface area is 92.2 Å². The van der Waals surface area contributed by atoms with Crippen LogP contribution in [0.4, 0.5) is 0 Å². The molecule has 0 bridgehead atoms. The Morgan fingerprint density at radius 2 is 2.00 bits per heavy atom. The van der Waals surface area contributed by atoms with Crippen molar-refractivity contribution in [2.75, 3.05) is 0 Å². The molecule has 0 saturated heterocycles. The Balaban J connectivity index is 2.45. The highest BCUT2D eigenvalue weighted by Gasteiger charge is 2.12. The van der Waals surface area contributed by atoms with E-state index < -0.39 is 0 Å². The van der Waals surface area contributed by atoms with Crippen molar-refractivity contribution in [3.05, 3.63) is 29.8 Å². The third kappa shape index (κ3) is 1.79. The second-order valence-electron chi connectivity index (χ2n) is 3.52. The van der Waals surface area contributed by atoms with E-state index in [9.17, 15) is 9.90 Å². The Morgan fingerprint density at radius 3 is 2.50 bits per heavy atom. The highest BCUT2D eigenvalue weighted by Crippen LogP contribution is 2.25. The highest BCUT2D eigenvalue weighted by molar-refractivity contribution is 5.97. The van der Waals surface area contributed by atoms with Gasteiger partial charge in [0.1, 0.15) is 5.82 Å². The van der Waals surface area contributed by atoms with Crippen molar-refractivity contribution < 1.29 is 9.90 Å². The van der Waals surface area contributed by atoms with Crippen LogP contribution in [-0.2, 0) is 0 Å². The number of hydrogen-bond acceptors (Lipinski definition) is 4. The molecule has 0 unspecified atom stereocenters. The molecule has 0 saturated carbocycles. The molecule has 2 aromatic rings. The second kappa shape index (κ2) is 3.77. The fraction of sp³-hybridized carbons (Fsp3) is 0.182. The summed E-state index contributed by atoms with van der Waals surface area (Å²) in [6.45, 7) is 3.19. The summed E-state index contributed by atoms with van der Waals surface area (Å²) in [5.41, 5.74) is 1.63. The lowest BCUT2D eigenvalue weighted by Gasteiger charge is -1.96. The van der Waals surface area contributed by atoms with E-state index in [0.29, 0.717) is 11.5 Å². The van der Waals surface area contributed by atoms with Crippen LogP contribution in [0.1, 0.15) is 23.1 Å². The molecule has 0 atom stereocenters. The van der Waals surface area contributed by atoms with E-state index in [2.05, 4.69) is 15.0 Å². The minimum Gasteiger partial charge on any atom is -0.494 e. The van der Waals surface area contributed by atoms with Crippen molar-refractivity contribution in [1.29, 1.82) is 0 Å². The maximum atomic E-state index is 11.2. The van der Waals surface area contributed by atoms with E-state index in [1.54, 1.807) is 25.4 Å². The average molecular weight is 217 g/mol. The van der Waals surface area contributed by atoms with E-state index >= 15 is 0 Å². The molecule has 0 aliphatic heterocycles. The first-order valence-electron chi connectivity index (χ1n) is 4.80. The third-order valence-electron chi connectivity index (χ3n) is 2.27. The quantitative estimate of drug-likeness (QED) is 0.750. The molecule has 0 aliphatic rings. The molecular weight excluding hydrogens is 206 g/mol. The number of nitrogens with zero attached hydrogens (tertiary/aromatic N) is 2. The van der Waals surface area contributed by atoms with Crippen molar-refractivity contribution in [2.45, 2.75) is 13.8 Å². The lowest BCUT2D eigenvalue weighted by Crippen LogP contribution is -1.88. The Hall–Kier alpha value is -2.17. The maximum absolute atomic E-state index is 11.2. The lowest BCUT2D eigenvalue weighted by atomic mass is 10.2. The molecule has 0 spiro atoms. The molecule has 82 valence electrons. The predicted octanol–water partition coefficient (Wildman–Crippen LogP) is 1.69. The van der Waals surface area contributed by atoms with Crippen LogP contribution in [-0.4, -0.2) is 25.8 Å². The van der Waals surface area contributed by atoms with Gasteiger partial charge < -0.3 is 10.1 Å². The number of carbonyl (C=O) groups excluding carboxylic acids is 1. The van der Waals surface area contributed by atoms with Gasteiger partial charge >= 0.3 is 0 Å². The molecule has 5 nitrogen and oxygen atoms in total. The molecule has 5 heteroatoms. The van der Waals surface area contributed by atoms with Crippen LogP contribution in [0.5, 0.6) is 5.88 Å². The number of carbonyl (C=O) groups is 1. The molecule has 16 heavy (non-hydrogen) atoms. The van der Waals surface area contributed by atoms with Gasteiger partial charge in [-0.2, -0.15) is 0 Å². The van der Waals surface area contributed by atoms with Crippen LogP contribution in [0.15, 0.2) is 18.5 Å². The van der Waals surface area contributed by atoms with E-state index in [4.69, 9.17) is 0 Å². The summed E-state index contributed by atoms with van der Waals surface area (Å²) >= 11 is 0. The second-order valence-corrected chi connectivity index (χ2v) is 3.52. The van der Waals surface area contributed by atoms with Gasteiger partial charge in [0, 0.05) is 18.0 Å².